The van der Waals surface area contributed by atoms with Gasteiger partial charge in [0.2, 0.25) is 0 Å². The van der Waals surface area contributed by atoms with Crippen LogP contribution in [0.25, 0.3) is 16.5 Å². The molecule has 0 unspecified atom stereocenters. The lowest BCUT2D eigenvalue weighted by atomic mass is 10.0. The molecule has 2 heterocycles. The Labute approximate surface area is 144 Å². The molecule has 0 spiro atoms. The van der Waals surface area contributed by atoms with E-state index in [1.165, 1.54) is 0 Å². The summed E-state index contributed by atoms with van der Waals surface area (Å²) in [5.74, 6) is -0.260. The average Bonchev–Trinajstić information content (AvgIpc) is 3.02. The number of aromatic hydroxyl groups is 1. The first-order valence-electron chi connectivity index (χ1n) is 7.45. The number of nitrogens with zero attached hydrogens (tertiary/aromatic N) is 2. The number of nitrogens with two attached hydrogens (primary N) is 1. The standard InChI is InChI=1S/C18H15N3O2.ClH/c19-9-10-21-14-8-4-2-6-12(14)16(18(21)23)15-11-5-1-3-7-13(11)20-17(15)22;/h1-8,23H,9-10,19H2;1H. The van der Waals surface area contributed by atoms with Crippen molar-refractivity contribution in [2.45, 2.75) is 6.54 Å². The zero-order valence-electron chi connectivity index (χ0n) is 12.8. The summed E-state index contributed by atoms with van der Waals surface area (Å²) in [7, 11) is 0. The fourth-order valence-electron chi connectivity index (χ4n) is 3.20. The quantitative estimate of drug-likeness (QED) is 0.748. The summed E-state index contributed by atoms with van der Waals surface area (Å²) < 4.78 is 1.74. The molecule has 3 N–H and O–H groups in total. The fourth-order valence-corrected chi connectivity index (χ4v) is 3.20. The molecule has 24 heavy (non-hydrogen) atoms. The molecule has 3 aromatic rings. The van der Waals surface area contributed by atoms with Crippen molar-refractivity contribution in [1.29, 1.82) is 0 Å². The minimum atomic E-state index is -0.322. The topological polar surface area (TPSA) is 80.6 Å². The second kappa shape index (κ2) is 6.11. The first kappa shape index (κ1) is 16.2. The number of halogens is 1. The van der Waals surface area contributed by atoms with Gasteiger partial charge in [0.25, 0.3) is 5.91 Å². The number of para-hydroxylation sites is 2. The van der Waals surface area contributed by atoms with Gasteiger partial charge in [0, 0.05) is 23.7 Å². The van der Waals surface area contributed by atoms with E-state index in [4.69, 9.17) is 5.73 Å². The number of fused-ring (bicyclic) bond motifs is 2. The van der Waals surface area contributed by atoms with Crippen molar-refractivity contribution in [1.82, 2.24) is 4.57 Å². The zero-order valence-corrected chi connectivity index (χ0v) is 13.6. The molecule has 4 rings (SSSR count). The molecule has 1 aliphatic rings. The van der Waals surface area contributed by atoms with Gasteiger partial charge in [0.15, 0.2) is 5.88 Å². The van der Waals surface area contributed by atoms with E-state index in [9.17, 15) is 9.90 Å². The van der Waals surface area contributed by atoms with Gasteiger partial charge in [-0.15, -0.1) is 12.4 Å². The van der Waals surface area contributed by atoms with Gasteiger partial charge >= 0.3 is 0 Å². The molecule has 0 saturated carbocycles. The third-order valence-corrected chi connectivity index (χ3v) is 4.16. The van der Waals surface area contributed by atoms with Gasteiger partial charge in [0.1, 0.15) is 0 Å². The number of carbonyl (C=O) groups is 1. The molecular weight excluding hydrogens is 326 g/mol. The van der Waals surface area contributed by atoms with Gasteiger partial charge < -0.3 is 15.4 Å². The Hall–Kier alpha value is -2.63. The maximum Gasteiger partial charge on any atom is 0.279 e. The molecule has 6 heteroatoms. The Bertz CT molecular complexity index is 1070. The van der Waals surface area contributed by atoms with Crippen LogP contribution in [0.1, 0.15) is 5.56 Å². The predicted molar refractivity (Wildman–Crippen MR) is 94.6 cm³/mol. The Morgan fingerprint density at radius 1 is 1.08 bits per heavy atom. The van der Waals surface area contributed by atoms with E-state index in [-0.39, 0.29) is 24.2 Å². The molecule has 2 aromatic carbocycles. The van der Waals surface area contributed by atoms with Crippen LogP contribution in [-0.4, -0.2) is 22.1 Å². The molecular formula is C18H16ClN3O2. The maximum absolute atomic E-state index is 12.4. The molecule has 1 aromatic heterocycles. The number of carbonyl (C=O) groups excluding carboxylic acids is 1. The van der Waals surface area contributed by atoms with E-state index < -0.39 is 0 Å². The van der Waals surface area contributed by atoms with Crippen LogP contribution in [0.4, 0.5) is 0 Å². The minimum Gasteiger partial charge on any atom is -0.494 e. The van der Waals surface area contributed by atoms with Crippen molar-refractivity contribution in [2.24, 2.45) is 10.7 Å². The van der Waals surface area contributed by atoms with Crippen LogP contribution < -0.4 is 16.3 Å². The third-order valence-electron chi connectivity index (χ3n) is 4.16. The summed E-state index contributed by atoms with van der Waals surface area (Å²) in [5, 5.41) is 13.0. The average molecular weight is 342 g/mol. The highest BCUT2D eigenvalue weighted by Crippen LogP contribution is 2.36. The SMILES string of the molecule is Cl.NCCn1c(O)c(C2=c3ccccc3=NC2=O)c2ccccc21. The third kappa shape index (κ3) is 2.21. The molecule has 0 fully saturated rings. The van der Waals surface area contributed by atoms with E-state index >= 15 is 0 Å². The summed E-state index contributed by atoms with van der Waals surface area (Å²) in [6.07, 6.45) is 0. The Kier molecular flexibility index (Phi) is 4.13. The van der Waals surface area contributed by atoms with E-state index in [1.54, 1.807) is 10.6 Å². The zero-order chi connectivity index (χ0) is 16.0. The first-order chi connectivity index (χ1) is 11.2. The Balaban J connectivity index is 0.00000169. The van der Waals surface area contributed by atoms with Crippen LogP contribution in [0.2, 0.25) is 0 Å². The monoisotopic (exact) mass is 341 g/mol. The van der Waals surface area contributed by atoms with Gasteiger partial charge in [0.05, 0.1) is 22.0 Å². The first-order valence-corrected chi connectivity index (χ1v) is 7.45. The van der Waals surface area contributed by atoms with E-state index in [0.717, 1.165) is 16.1 Å². The Morgan fingerprint density at radius 2 is 1.79 bits per heavy atom. The summed E-state index contributed by atoms with van der Waals surface area (Å²) >= 11 is 0. The van der Waals surface area contributed by atoms with Crippen molar-refractivity contribution in [3.8, 4) is 5.88 Å². The number of benzene rings is 2. The second-order valence-electron chi connectivity index (χ2n) is 5.47. The number of aromatic nitrogens is 1. The number of hydrogen-bond acceptors (Lipinski definition) is 3. The molecule has 0 atom stereocenters. The summed E-state index contributed by atoms with van der Waals surface area (Å²) in [6.45, 7) is 0.878. The molecule has 0 saturated heterocycles. The highest BCUT2D eigenvalue weighted by molar-refractivity contribution is 6.24. The summed E-state index contributed by atoms with van der Waals surface area (Å²) in [4.78, 5) is 16.5. The number of rotatable bonds is 3. The largest absolute Gasteiger partial charge is 0.494 e. The van der Waals surface area contributed by atoms with Crippen LogP contribution >= 0.6 is 12.4 Å². The van der Waals surface area contributed by atoms with Crippen molar-refractivity contribution in [3.05, 3.63) is 64.7 Å². The highest BCUT2D eigenvalue weighted by atomic mass is 35.5. The lowest BCUT2D eigenvalue weighted by molar-refractivity contribution is -0.112. The van der Waals surface area contributed by atoms with Crippen LogP contribution in [0, 0.1) is 0 Å². The van der Waals surface area contributed by atoms with Gasteiger partial charge in [-0.05, 0) is 12.1 Å². The van der Waals surface area contributed by atoms with Crippen LogP contribution in [0.15, 0.2) is 53.5 Å². The Morgan fingerprint density at radius 3 is 2.58 bits per heavy atom. The highest BCUT2D eigenvalue weighted by Gasteiger charge is 2.26. The lowest BCUT2D eigenvalue weighted by Crippen LogP contribution is -2.22. The smallest absolute Gasteiger partial charge is 0.279 e. The predicted octanol–water partition coefficient (Wildman–Crippen LogP) is 1.09. The minimum absolute atomic E-state index is 0. The molecule has 5 nitrogen and oxygen atoms in total. The van der Waals surface area contributed by atoms with E-state index in [1.807, 2.05) is 42.5 Å². The molecule has 1 aliphatic heterocycles. The number of hydrogen-bond donors (Lipinski definition) is 2. The van der Waals surface area contributed by atoms with Crippen LogP contribution in [0.5, 0.6) is 5.88 Å². The van der Waals surface area contributed by atoms with Gasteiger partial charge in [-0.25, -0.2) is 4.99 Å². The second-order valence-corrected chi connectivity index (χ2v) is 5.47. The fraction of sp³-hybridized carbons (Fsp3) is 0.111. The van der Waals surface area contributed by atoms with Crippen molar-refractivity contribution in [3.63, 3.8) is 0 Å². The van der Waals surface area contributed by atoms with Gasteiger partial charge in [-0.3, -0.25) is 4.79 Å². The van der Waals surface area contributed by atoms with Crippen molar-refractivity contribution >= 4 is 34.8 Å². The molecule has 0 radical (unpaired) electrons. The van der Waals surface area contributed by atoms with Crippen molar-refractivity contribution < 1.29 is 9.90 Å². The van der Waals surface area contributed by atoms with Gasteiger partial charge in [-0.1, -0.05) is 36.4 Å². The van der Waals surface area contributed by atoms with Gasteiger partial charge in [-0.2, -0.15) is 0 Å². The number of amides is 1. The summed E-state index contributed by atoms with van der Waals surface area (Å²) in [5.41, 5.74) is 7.50. The van der Waals surface area contributed by atoms with Crippen LogP contribution in [-0.2, 0) is 11.3 Å². The van der Waals surface area contributed by atoms with Crippen molar-refractivity contribution in [2.75, 3.05) is 6.54 Å². The van der Waals surface area contributed by atoms with Crippen LogP contribution in [0.3, 0.4) is 0 Å². The molecule has 0 aliphatic carbocycles. The molecule has 122 valence electrons. The van der Waals surface area contributed by atoms with E-state index in [0.29, 0.717) is 29.6 Å². The van der Waals surface area contributed by atoms with E-state index in [2.05, 4.69) is 4.99 Å². The molecule has 0 bridgehead atoms. The molecule has 1 amide bonds. The summed E-state index contributed by atoms with van der Waals surface area (Å²) in [6, 6.07) is 15.0. The lowest BCUT2D eigenvalue weighted by Gasteiger charge is -2.05. The maximum atomic E-state index is 12.4. The normalized spacial score (nSPS) is 12.9.